The third kappa shape index (κ3) is 2.59. The summed E-state index contributed by atoms with van der Waals surface area (Å²) in [6, 6.07) is 6.99. The fraction of sp³-hybridized carbons (Fsp3) is 0.533. The molecule has 0 saturated carbocycles. The summed E-state index contributed by atoms with van der Waals surface area (Å²) in [6.07, 6.45) is 2.21. The Hall–Kier alpha value is -1.16. The number of carbonyl (C=O) groups excluding carboxylic acids is 1. The lowest BCUT2D eigenvalue weighted by Crippen LogP contribution is -2.25. The summed E-state index contributed by atoms with van der Waals surface area (Å²) in [7, 11) is 0. The molecule has 1 aromatic rings. The summed E-state index contributed by atoms with van der Waals surface area (Å²) in [5.41, 5.74) is 3.58. The van der Waals surface area contributed by atoms with Gasteiger partial charge in [0.2, 0.25) is 5.91 Å². The predicted octanol–water partition coefficient (Wildman–Crippen LogP) is 2.90. The van der Waals surface area contributed by atoms with Gasteiger partial charge in [0.15, 0.2) is 0 Å². The molecule has 0 bridgehead atoms. The number of anilines is 2. The van der Waals surface area contributed by atoms with E-state index in [0.29, 0.717) is 6.04 Å². The van der Waals surface area contributed by atoms with Gasteiger partial charge < -0.3 is 10.2 Å². The second-order valence-electron chi connectivity index (χ2n) is 5.49. The Balaban J connectivity index is 1.74. The van der Waals surface area contributed by atoms with Crippen LogP contribution in [0.15, 0.2) is 18.2 Å². The van der Waals surface area contributed by atoms with Crippen molar-refractivity contribution >= 4 is 29.0 Å². The molecule has 1 fully saturated rings. The Morgan fingerprint density at radius 1 is 1.47 bits per heavy atom. The maximum Gasteiger partial charge on any atom is 0.223 e. The van der Waals surface area contributed by atoms with E-state index in [4.69, 9.17) is 0 Å². The molecule has 2 unspecified atom stereocenters. The summed E-state index contributed by atoms with van der Waals surface area (Å²) in [5.74, 6) is 1.33. The molecule has 0 radical (unpaired) electrons. The highest BCUT2D eigenvalue weighted by Gasteiger charge is 2.24. The van der Waals surface area contributed by atoms with E-state index in [-0.39, 0.29) is 5.91 Å². The Morgan fingerprint density at radius 3 is 3.00 bits per heavy atom. The number of benzene rings is 1. The fourth-order valence-electron chi connectivity index (χ4n) is 2.97. The van der Waals surface area contributed by atoms with Crippen LogP contribution >= 0.6 is 11.8 Å². The fourth-order valence-corrected chi connectivity index (χ4v) is 4.12. The van der Waals surface area contributed by atoms with Crippen molar-refractivity contribution in [2.24, 2.45) is 0 Å². The predicted molar refractivity (Wildman–Crippen MR) is 82.1 cm³/mol. The van der Waals surface area contributed by atoms with Crippen LogP contribution in [0.3, 0.4) is 0 Å². The Kier molecular flexibility index (Phi) is 3.44. The molecule has 1 aromatic carbocycles. The highest BCUT2D eigenvalue weighted by atomic mass is 32.2. The maximum absolute atomic E-state index is 11.5. The van der Waals surface area contributed by atoms with Gasteiger partial charge in [-0.1, -0.05) is 6.92 Å². The van der Waals surface area contributed by atoms with Crippen molar-refractivity contribution in [2.75, 3.05) is 22.5 Å². The average Bonchev–Trinajstić information content (AvgIpc) is 2.95. The minimum atomic E-state index is 0.139. The minimum Gasteiger partial charge on any atom is -0.381 e. The van der Waals surface area contributed by atoms with Crippen LogP contribution in [-0.4, -0.2) is 29.5 Å². The van der Waals surface area contributed by atoms with Gasteiger partial charge in [-0.15, -0.1) is 0 Å². The van der Waals surface area contributed by atoms with E-state index in [1.54, 1.807) is 6.92 Å². The molecule has 19 heavy (non-hydrogen) atoms. The van der Waals surface area contributed by atoms with E-state index in [0.717, 1.165) is 23.9 Å². The van der Waals surface area contributed by atoms with Crippen LogP contribution in [0.4, 0.5) is 11.4 Å². The van der Waals surface area contributed by atoms with Crippen LogP contribution in [0.1, 0.15) is 25.8 Å². The Labute approximate surface area is 118 Å². The van der Waals surface area contributed by atoms with Crippen molar-refractivity contribution in [3.63, 3.8) is 0 Å². The molecule has 0 aliphatic carbocycles. The van der Waals surface area contributed by atoms with E-state index in [1.807, 2.05) is 16.7 Å². The molecule has 2 atom stereocenters. The first-order chi connectivity index (χ1) is 9.13. The van der Waals surface area contributed by atoms with Crippen molar-refractivity contribution in [1.29, 1.82) is 0 Å². The van der Waals surface area contributed by atoms with Crippen LogP contribution in [0.2, 0.25) is 0 Å². The zero-order valence-corrected chi connectivity index (χ0v) is 12.3. The Bertz CT molecular complexity index is 503. The quantitative estimate of drug-likeness (QED) is 0.901. The van der Waals surface area contributed by atoms with Crippen LogP contribution in [0, 0.1) is 0 Å². The molecule has 3 nitrogen and oxygen atoms in total. The first-order valence-corrected chi connectivity index (χ1v) is 7.97. The zero-order chi connectivity index (χ0) is 13.4. The summed E-state index contributed by atoms with van der Waals surface area (Å²) in [6.45, 7) is 4.75. The molecular formula is C15H20N2OS. The van der Waals surface area contributed by atoms with E-state index < -0.39 is 0 Å². The highest BCUT2D eigenvalue weighted by Crippen LogP contribution is 2.32. The van der Waals surface area contributed by atoms with E-state index >= 15 is 0 Å². The van der Waals surface area contributed by atoms with E-state index in [2.05, 4.69) is 30.4 Å². The lowest BCUT2D eigenvalue weighted by atomic mass is 10.1. The van der Waals surface area contributed by atoms with Crippen LogP contribution in [0.5, 0.6) is 0 Å². The van der Waals surface area contributed by atoms with Gasteiger partial charge in [-0.05, 0) is 36.6 Å². The topological polar surface area (TPSA) is 32.3 Å². The summed E-state index contributed by atoms with van der Waals surface area (Å²) >= 11 is 2.04. The standard InChI is InChI=1S/C15H20N2OS/c1-10-7-14(9-19-10)16-13-3-4-15-12(8-13)5-6-17(15)11(2)18/h3-4,8,10,14,16H,5-7,9H2,1-2H3. The smallest absolute Gasteiger partial charge is 0.223 e. The normalized spacial score (nSPS) is 25.5. The minimum absolute atomic E-state index is 0.139. The first kappa shape index (κ1) is 12.9. The number of nitrogens with zero attached hydrogens (tertiary/aromatic N) is 1. The van der Waals surface area contributed by atoms with Gasteiger partial charge in [-0.2, -0.15) is 11.8 Å². The Morgan fingerprint density at radius 2 is 2.32 bits per heavy atom. The van der Waals surface area contributed by atoms with Crippen LogP contribution < -0.4 is 10.2 Å². The van der Waals surface area contributed by atoms with Gasteiger partial charge in [-0.25, -0.2) is 0 Å². The second kappa shape index (κ2) is 5.08. The maximum atomic E-state index is 11.5. The van der Waals surface area contributed by atoms with Crippen LogP contribution in [0.25, 0.3) is 0 Å². The van der Waals surface area contributed by atoms with Gasteiger partial charge in [0.25, 0.3) is 0 Å². The average molecular weight is 276 g/mol. The van der Waals surface area contributed by atoms with Crippen molar-refractivity contribution in [3.8, 4) is 0 Å². The highest BCUT2D eigenvalue weighted by molar-refractivity contribution is 8.00. The van der Waals surface area contributed by atoms with Gasteiger partial charge in [0.05, 0.1) is 0 Å². The third-order valence-corrected chi connectivity index (χ3v) is 5.28. The van der Waals surface area contributed by atoms with Gasteiger partial charge >= 0.3 is 0 Å². The first-order valence-electron chi connectivity index (χ1n) is 6.92. The van der Waals surface area contributed by atoms with Crippen molar-refractivity contribution < 1.29 is 4.79 Å². The molecule has 1 amide bonds. The second-order valence-corrected chi connectivity index (χ2v) is 6.96. The molecule has 2 aliphatic rings. The molecule has 3 rings (SSSR count). The van der Waals surface area contributed by atoms with Crippen LogP contribution in [-0.2, 0) is 11.2 Å². The number of hydrogen-bond acceptors (Lipinski definition) is 3. The molecule has 0 aromatic heterocycles. The number of carbonyl (C=O) groups is 1. The van der Waals surface area contributed by atoms with Crippen molar-refractivity contribution in [1.82, 2.24) is 0 Å². The van der Waals surface area contributed by atoms with Gasteiger partial charge in [0, 0.05) is 41.9 Å². The summed E-state index contributed by atoms with van der Waals surface area (Å²) in [5, 5.41) is 4.38. The number of thioether (sulfide) groups is 1. The van der Waals surface area contributed by atoms with Crippen molar-refractivity contribution in [2.45, 2.75) is 38.0 Å². The largest absolute Gasteiger partial charge is 0.381 e. The molecule has 2 heterocycles. The summed E-state index contributed by atoms with van der Waals surface area (Å²) in [4.78, 5) is 13.4. The number of amides is 1. The zero-order valence-electron chi connectivity index (χ0n) is 11.5. The molecular weight excluding hydrogens is 256 g/mol. The third-order valence-electron chi connectivity index (χ3n) is 3.92. The van der Waals surface area contributed by atoms with Crippen molar-refractivity contribution in [3.05, 3.63) is 23.8 Å². The molecule has 0 spiro atoms. The molecule has 1 saturated heterocycles. The molecule has 4 heteroatoms. The number of rotatable bonds is 2. The number of nitrogens with one attached hydrogen (secondary N) is 1. The summed E-state index contributed by atoms with van der Waals surface area (Å²) < 4.78 is 0. The van der Waals surface area contributed by atoms with Gasteiger partial charge in [-0.3, -0.25) is 4.79 Å². The molecule has 102 valence electrons. The lowest BCUT2D eigenvalue weighted by molar-refractivity contribution is -0.116. The SMILES string of the molecule is CC(=O)N1CCc2cc(NC3CSC(C)C3)ccc21. The van der Waals surface area contributed by atoms with Gasteiger partial charge in [0.1, 0.15) is 0 Å². The van der Waals surface area contributed by atoms with E-state index in [1.165, 1.54) is 23.4 Å². The number of fused-ring (bicyclic) bond motifs is 1. The molecule has 2 aliphatic heterocycles. The molecule has 1 N–H and O–H groups in total. The lowest BCUT2D eigenvalue weighted by Gasteiger charge is -2.17. The number of hydrogen-bond donors (Lipinski definition) is 1. The monoisotopic (exact) mass is 276 g/mol. The van der Waals surface area contributed by atoms with E-state index in [9.17, 15) is 4.79 Å².